The second-order valence-corrected chi connectivity index (χ2v) is 7.73. The second kappa shape index (κ2) is 8.37. The summed E-state index contributed by atoms with van der Waals surface area (Å²) in [7, 11) is 0. The van der Waals surface area contributed by atoms with E-state index in [0.717, 1.165) is 12.1 Å². The predicted molar refractivity (Wildman–Crippen MR) is 121 cm³/mol. The minimum absolute atomic E-state index is 0.0266. The van der Waals surface area contributed by atoms with Crippen LogP contribution in [0.4, 0.5) is 13.2 Å². The van der Waals surface area contributed by atoms with E-state index in [1.54, 1.807) is 41.8 Å². The predicted octanol–water partition coefficient (Wildman–Crippen LogP) is 6.69. The number of para-hydroxylation sites is 3. The van der Waals surface area contributed by atoms with Crippen LogP contribution in [0.5, 0.6) is 0 Å². The molecule has 0 fully saturated rings. The molecule has 0 radical (unpaired) electrons. The normalized spacial score (nSPS) is 11.9. The second-order valence-electron chi connectivity index (χ2n) is 7.73. The summed E-state index contributed by atoms with van der Waals surface area (Å²) in [4.78, 5) is 17.7. The van der Waals surface area contributed by atoms with Crippen LogP contribution in [0.15, 0.2) is 77.2 Å². The first-order chi connectivity index (χ1) is 16.4. The first-order valence-electron chi connectivity index (χ1n) is 10.7. The van der Waals surface area contributed by atoms with Gasteiger partial charge in [-0.25, -0.2) is 9.78 Å². The molecule has 2 aromatic heterocycles. The number of rotatable bonds is 5. The molecule has 0 aliphatic carbocycles. The lowest BCUT2D eigenvalue weighted by Crippen LogP contribution is -2.14. The maximum Gasteiger partial charge on any atom is 0.416 e. The lowest BCUT2D eigenvalue weighted by molar-refractivity contribution is -0.137. The van der Waals surface area contributed by atoms with Gasteiger partial charge in [0.25, 0.3) is 0 Å². The van der Waals surface area contributed by atoms with Gasteiger partial charge in [0.15, 0.2) is 5.58 Å². The quantitative estimate of drug-likeness (QED) is 0.272. The van der Waals surface area contributed by atoms with Crippen molar-refractivity contribution >= 4 is 28.0 Å². The molecule has 0 spiro atoms. The first-order valence-corrected chi connectivity index (χ1v) is 10.7. The van der Waals surface area contributed by atoms with E-state index in [2.05, 4.69) is 4.98 Å². The lowest BCUT2D eigenvalue weighted by atomic mass is 10.1. The highest BCUT2D eigenvalue weighted by Crippen LogP contribution is 2.37. The molecule has 0 atom stereocenters. The fourth-order valence-corrected chi connectivity index (χ4v) is 4.10. The molecule has 5 nitrogen and oxygen atoms in total. The Balaban J connectivity index is 1.75. The molecule has 0 unspecified atom stereocenters. The van der Waals surface area contributed by atoms with Gasteiger partial charge in [0.1, 0.15) is 11.2 Å². The number of hydrogen-bond acceptors (Lipinski definition) is 4. The fourth-order valence-electron chi connectivity index (χ4n) is 4.10. The van der Waals surface area contributed by atoms with Gasteiger partial charge in [0.05, 0.1) is 17.7 Å². The molecular formula is C26H19F3N2O3. The van der Waals surface area contributed by atoms with Crippen LogP contribution in [0.25, 0.3) is 33.5 Å². The van der Waals surface area contributed by atoms with Crippen molar-refractivity contribution in [1.82, 2.24) is 9.55 Å². The molecule has 0 aliphatic rings. The van der Waals surface area contributed by atoms with Crippen molar-refractivity contribution < 1.29 is 27.1 Å². The van der Waals surface area contributed by atoms with Gasteiger partial charge in [-0.1, -0.05) is 42.5 Å². The number of fused-ring (bicyclic) bond motifs is 2. The Bertz CT molecular complexity index is 1480. The summed E-state index contributed by atoms with van der Waals surface area (Å²) < 4.78 is 52.9. The molecule has 0 saturated carbocycles. The maximum atomic E-state index is 13.3. The zero-order valence-electron chi connectivity index (χ0n) is 18.1. The van der Waals surface area contributed by atoms with Crippen molar-refractivity contribution in [3.63, 3.8) is 0 Å². The van der Waals surface area contributed by atoms with E-state index in [0.29, 0.717) is 33.1 Å². The molecule has 8 heteroatoms. The van der Waals surface area contributed by atoms with Crippen LogP contribution >= 0.6 is 0 Å². The van der Waals surface area contributed by atoms with E-state index in [1.165, 1.54) is 6.07 Å². The maximum absolute atomic E-state index is 13.3. The van der Waals surface area contributed by atoms with Crippen molar-refractivity contribution in [3.8, 4) is 11.5 Å². The van der Waals surface area contributed by atoms with Crippen LogP contribution in [-0.2, 0) is 17.5 Å². The number of ether oxygens (including phenoxy) is 1. The Morgan fingerprint density at radius 2 is 1.79 bits per heavy atom. The summed E-state index contributed by atoms with van der Waals surface area (Å²) in [6, 6.07) is 19.5. The number of oxazole rings is 1. The molecule has 0 amide bonds. The Morgan fingerprint density at radius 3 is 2.56 bits per heavy atom. The van der Waals surface area contributed by atoms with Crippen molar-refractivity contribution in [3.05, 3.63) is 89.6 Å². The molecular weight excluding hydrogens is 445 g/mol. The third-order valence-corrected chi connectivity index (χ3v) is 5.54. The summed E-state index contributed by atoms with van der Waals surface area (Å²) >= 11 is 0. The number of hydrogen-bond donors (Lipinski definition) is 0. The van der Waals surface area contributed by atoms with Crippen molar-refractivity contribution in [2.75, 3.05) is 6.61 Å². The van der Waals surface area contributed by atoms with E-state index >= 15 is 0 Å². The van der Waals surface area contributed by atoms with Crippen molar-refractivity contribution in [2.45, 2.75) is 19.6 Å². The standard InChI is InChI=1S/C26H19F3N2O3/c1-2-33-25(32)23-22(24-30-19-11-4-6-13-21(19)34-24)18-10-3-5-12-20(18)31(23)15-16-8-7-9-17(14-16)26(27,28)29/h3-14H,2,15H2,1H3. The first kappa shape index (κ1) is 21.8. The van der Waals surface area contributed by atoms with E-state index in [1.807, 2.05) is 24.3 Å². The average Bonchev–Trinajstić information content (AvgIpc) is 3.38. The Morgan fingerprint density at radius 1 is 1.03 bits per heavy atom. The largest absolute Gasteiger partial charge is 0.461 e. The van der Waals surface area contributed by atoms with Gasteiger partial charge in [-0.2, -0.15) is 13.2 Å². The van der Waals surface area contributed by atoms with Crippen molar-refractivity contribution in [2.24, 2.45) is 0 Å². The lowest BCUT2D eigenvalue weighted by Gasteiger charge is -2.13. The van der Waals surface area contributed by atoms with Gasteiger partial charge in [-0.15, -0.1) is 0 Å². The number of aromatic nitrogens is 2. The molecule has 172 valence electrons. The minimum Gasteiger partial charge on any atom is -0.461 e. The Kier molecular flexibility index (Phi) is 5.36. The Hall–Kier alpha value is -4.07. The number of nitrogens with zero attached hydrogens (tertiary/aromatic N) is 2. The molecule has 2 heterocycles. The molecule has 5 rings (SSSR count). The zero-order chi connectivity index (χ0) is 23.9. The molecule has 3 aromatic carbocycles. The molecule has 34 heavy (non-hydrogen) atoms. The van der Waals surface area contributed by atoms with Crippen LogP contribution in [0, 0.1) is 0 Å². The monoisotopic (exact) mass is 464 g/mol. The van der Waals surface area contributed by atoms with Gasteiger partial charge in [-0.3, -0.25) is 0 Å². The van der Waals surface area contributed by atoms with Gasteiger partial charge in [-0.05, 0) is 42.8 Å². The van der Waals surface area contributed by atoms with Gasteiger partial charge in [0.2, 0.25) is 5.89 Å². The van der Waals surface area contributed by atoms with E-state index in [-0.39, 0.29) is 24.7 Å². The van der Waals surface area contributed by atoms with E-state index in [9.17, 15) is 18.0 Å². The zero-order valence-corrected chi connectivity index (χ0v) is 18.1. The van der Waals surface area contributed by atoms with E-state index < -0.39 is 17.7 Å². The fraction of sp³-hybridized carbons (Fsp3) is 0.154. The number of halogens is 3. The van der Waals surface area contributed by atoms with Crippen LogP contribution in [0.1, 0.15) is 28.5 Å². The van der Waals surface area contributed by atoms with E-state index in [4.69, 9.17) is 9.15 Å². The summed E-state index contributed by atoms with van der Waals surface area (Å²) in [5, 5.41) is 0.684. The summed E-state index contributed by atoms with van der Waals surface area (Å²) in [5.74, 6) is -0.369. The molecule has 0 aliphatic heterocycles. The topological polar surface area (TPSA) is 57.3 Å². The van der Waals surface area contributed by atoms with Crippen LogP contribution in [0.2, 0.25) is 0 Å². The molecule has 0 saturated heterocycles. The summed E-state index contributed by atoms with van der Waals surface area (Å²) in [5.41, 5.74) is 2.09. The van der Waals surface area contributed by atoms with Crippen LogP contribution in [-0.4, -0.2) is 22.1 Å². The summed E-state index contributed by atoms with van der Waals surface area (Å²) in [6.07, 6.45) is -4.47. The Labute approximate surface area is 192 Å². The minimum atomic E-state index is -4.47. The number of carbonyl (C=O) groups excluding carboxylic acids is 1. The molecule has 0 N–H and O–H groups in total. The number of alkyl halides is 3. The molecule has 0 bridgehead atoms. The average molecular weight is 464 g/mol. The highest BCUT2D eigenvalue weighted by atomic mass is 19.4. The third kappa shape index (κ3) is 3.81. The van der Waals surface area contributed by atoms with Gasteiger partial charge < -0.3 is 13.7 Å². The number of carbonyl (C=O) groups is 1. The smallest absolute Gasteiger partial charge is 0.416 e. The number of esters is 1. The van der Waals surface area contributed by atoms with Gasteiger partial charge >= 0.3 is 12.1 Å². The third-order valence-electron chi connectivity index (χ3n) is 5.54. The van der Waals surface area contributed by atoms with Crippen LogP contribution in [0.3, 0.4) is 0 Å². The summed E-state index contributed by atoms with van der Waals surface area (Å²) in [6.45, 7) is 1.85. The SMILES string of the molecule is CCOC(=O)c1c(-c2nc3ccccc3o2)c2ccccc2n1Cc1cccc(C(F)(F)F)c1. The van der Waals surface area contributed by atoms with Crippen LogP contribution < -0.4 is 0 Å². The van der Waals surface area contributed by atoms with Crippen molar-refractivity contribution in [1.29, 1.82) is 0 Å². The highest BCUT2D eigenvalue weighted by Gasteiger charge is 2.31. The van der Waals surface area contributed by atoms with Gasteiger partial charge in [0, 0.05) is 17.4 Å². The molecule has 5 aromatic rings. The highest BCUT2D eigenvalue weighted by molar-refractivity contribution is 6.08. The number of benzene rings is 3.